The molecule has 22 heavy (non-hydrogen) atoms. The maximum Gasteiger partial charge on any atom is 0.220 e. The third kappa shape index (κ3) is 2.49. The largest absolute Gasteiger partial charge is 0.506 e. The molecule has 0 unspecified atom stereocenters. The van der Waals surface area contributed by atoms with E-state index in [-0.39, 0.29) is 17.7 Å². The fourth-order valence-electron chi connectivity index (χ4n) is 3.22. The number of halogens is 2. The molecule has 0 atom stereocenters. The van der Waals surface area contributed by atoms with Gasteiger partial charge in [0.25, 0.3) is 0 Å². The zero-order chi connectivity index (χ0) is 15.9. The van der Waals surface area contributed by atoms with E-state index in [2.05, 4.69) is 9.98 Å². The SMILES string of the molecule is NC1=NC2(CCCCC2)N(c2c(O)cc(F)cc2I)C(N)=N1. The molecule has 1 heterocycles. The summed E-state index contributed by atoms with van der Waals surface area (Å²) < 4.78 is 14.0. The Morgan fingerprint density at radius 1 is 1.23 bits per heavy atom. The van der Waals surface area contributed by atoms with E-state index in [1.807, 2.05) is 22.6 Å². The van der Waals surface area contributed by atoms with Gasteiger partial charge in [-0.15, -0.1) is 0 Å². The van der Waals surface area contributed by atoms with Gasteiger partial charge in [0.1, 0.15) is 22.9 Å². The Balaban J connectivity index is 2.16. The predicted molar refractivity (Wildman–Crippen MR) is 92.3 cm³/mol. The lowest BCUT2D eigenvalue weighted by Gasteiger charge is -2.46. The molecule has 5 N–H and O–H groups in total. The van der Waals surface area contributed by atoms with Gasteiger partial charge in [0.05, 0.1) is 0 Å². The number of phenolic OH excluding ortho intramolecular Hbond substituents is 1. The number of hydrogen-bond acceptors (Lipinski definition) is 6. The van der Waals surface area contributed by atoms with Gasteiger partial charge in [-0.2, -0.15) is 4.99 Å². The first-order valence-electron chi connectivity index (χ1n) is 7.11. The summed E-state index contributed by atoms with van der Waals surface area (Å²) in [6, 6.07) is 2.42. The third-order valence-electron chi connectivity index (χ3n) is 4.08. The Labute approximate surface area is 141 Å². The first kappa shape index (κ1) is 15.3. The minimum Gasteiger partial charge on any atom is -0.506 e. The van der Waals surface area contributed by atoms with Crippen LogP contribution in [0.15, 0.2) is 22.1 Å². The molecule has 2 aliphatic rings. The number of aliphatic imine (C=N–C) groups is 2. The van der Waals surface area contributed by atoms with Crippen molar-refractivity contribution in [2.45, 2.75) is 37.8 Å². The number of guanidine groups is 2. The Hall–Kier alpha value is -1.58. The molecule has 1 aromatic carbocycles. The minimum absolute atomic E-state index is 0.146. The van der Waals surface area contributed by atoms with Crippen molar-refractivity contribution in [3.05, 3.63) is 21.5 Å². The highest BCUT2D eigenvalue weighted by Crippen LogP contribution is 2.44. The van der Waals surface area contributed by atoms with Crippen molar-refractivity contribution in [2.24, 2.45) is 21.5 Å². The number of nitrogens with two attached hydrogens (primary N) is 2. The molecule has 0 amide bonds. The van der Waals surface area contributed by atoms with Gasteiger partial charge in [-0.05, 0) is 54.3 Å². The van der Waals surface area contributed by atoms with Gasteiger partial charge in [0, 0.05) is 9.64 Å². The zero-order valence-electron chi connectivity index (χ0n) is 11.9. The molecule has 1 saturated carbocycles. The molecule has 1 spiro atoms. The van der Waals surface area contributed by atoms with Crippen LogP contribution < -0.4 is 16.4 Å². The second-order valence-electron chi connectivity index (χ2n) is 5.57. The van der Waals surface area contributed by atoms with Crippen LogP contribution in [0.25, 0.3) is 0 Å². The lowest BCUT2D eigenvalue weighted by molar-refractivity contribution is 0.303. The van der Waals surface area contributed by atoms with Crippen LogP contribution in [0.5, 0.6) is 5.75 Å². The van der Waals surface area contributed by atoms with E-state index in [0.717, 1.165) is 38.2 Å². The van der Waals surface area contributed by atoms with Crippen LogP contribution in [0.1, 0.15) is 32.1 Å². The molecule has 0 bridgehead atoms. The topological polar surface area (TPSA) is 100 Å². The Kier molecular flexibility index (Phi) is 3.87. The summed E-state index contributed by atoms with van der Waals surface area (Å²) in [5, 5.41) is 10.2. The number of hydrogen-bond donors (Lipinski definition) is 3. The molecular formula is C14H17FIN5O. The van der Waals surface area contributed by atoms with E-state index in [1.54, 1.807) is 4.90 Å². The molecule has 6 nitrogen and oxygen atoms in total. The maximum absolute atomic E-state index is 13.5. The molecule has 0 aromatic heterocycles. The van der Waals surface area contributed by atoms with Crippen molar-refractivity contribution in [3.63, 3.8) is 0 Å². The van der Waals surface area contributed by atoms with Gasteiger partial charge >= 0.3 is 0 Å². The van der Waals surface area contributed by atoms with Gasteiger partial charge in [-0.3, -0.25) is 4.90 Å². The van der Waals surface area contributed by atoms with Crippen LogP contribution in [-0.2, 0) is 0 Å². The zero-order valence-corrected chi connectivity index (χ0v) is 14.0. The van der Waals surface area contributed by atoms with E-state index in [0.29, 0.717) is 9.26 Å². The second kappa shape index (κ2) is 5.56. The summed E-state index contributed by atoms with van der Waals surface area (Å²) in [7, 11) is 0. The number of benzene rings is 1. The maximum atomic E-state index is 13.5. The van der Waals surface area contributed by atoms with Crippen LogP contribution >= 0.6 is 22.6 Å². The van der Waals surface area contributed by atoms with Crippen LogP contribution in [-0.4, -0.2) is 22.7 Å². The van der Waals surface area contributed by atoms with Crippen molar-refractivity contribution in [3.8, 4) is 5.75 Å². The molecule has 1 aromatic rings. The second-order valence-corrected chi connectivity index (χ2v) is 6.74. The average Bonchev–Trinajstić information content (AvgIpc) is 2.41. The number of nitrogens with zero attached hydrogens (tertiary/aromatic N) is 3. The molecular weight excluding hydrogens is 400 g/mol. The molecule has 1 aliphatic heterocycles. The molecule has 1 fully saturated rings. The summed E-state index contributed by atoms with van der Waals surface area (Å²) in [6.07, 6.45) is 4.61. The highest BCUT2D eigenvalue weighted by atomic mass is 127. The molecule has 118 valence electrons. The standard InChI is InChI=1S/C14H17FIN5O/c15-8-6-9(16)11(10(22)7-8)21-13(18)19-12(17)20-14(21)4-2-1-3-5-14/h6-7,22H,1-5H2,(H4,17,18,19,20). The quantitative estimate of drug-likeness (QED) is 0.611. The van der Waals surface area contributed by atoms with Gasteiger partial charge < -0.3 is 16.6 Å². The highest BCUT2D eigenvalue weighted by Gasteiger charge is 2.44. The van der Waals surface area contributed by atoms with E-state index >= 15 is 0 Å². The minimum atomic E-state index is -0.649. The first-order valence-corrected chi connectivity index (χ1v) is 8.18. The fourth-order valence-corrected chi connectivity index (χ4v) is 4.03. The van der Waals surface area contributed by atoms with Crippen molar-refractivity contribution >= 4 is 40.2 Å². The number of aromatic hydroxyl groups is 1. The molecule has 0 saturated heterocycles. The average molecular weight is 417 g/mol. The Morgan fingerprint density at radius 3 is 2.55 bits per heavy atom. The molecule has 8 heteroatoms. The van der Waals surface area contributed by atoms with Crippen LogP contribution in [0.4, 0.5) is 10.1 Å². The Bertz CT molecular complexity index is 646. The number of anilines is 1. The Morgan fingerprint density at radius 2 is 1.91 bits per heavy atom. The van der Waals surface area contributed by atoms with Crippen LogP contribution in [0.2, 0.25) is 0 Å². The summed E-state index contributed by atoms with van der Waals surface area (Å²) in [6.45, 7) is 0. The fraction of sp³-hybridized carbons (Fsp3) is 0.429. The van der Waals surface area contributed by atoms with E-state index in [9.17, 15) is 9.50 Å². The summed E-state index contributed by atoms with van der Waals surface area (Å²) in [5.74, 6) is -0.358. The van der Waals surface area contributed by atoms with Crippen molar-refractivity contribution in [2.75, 3.05) is 4.90 Å². The van der Waals surface area contributed by atoms with Gasteiger partial charge in [-0.25, -0.2) is 9.38 Å². The van der Waals surface area contributed by atoms with Crippen molar-refractivity contribution in [1.29, 1.82) is 0 Å². The number of rotatable bonds is 1. The van der Waals surface area contributed by atoms with Gasteiger partial charge in [0.2, 0.25) is 11.9 Å². The smallest absolute Gasteiger partial charge is 0.220 e. The highest BCUT2D eigenvalue weighted by molar-refractivity contribution is 14.1. The van der Waals surface area contributed by atoms with E-state index in [1.165, 1.54) is 6.07 Å². The van der Waals surface area contributed by atoms with Crippen LogP contribution in [0, 0.1) is 9.39 Å². The van der Waals surface area contributed by atoms with Gasteiger partial charge in [0.15, 0.2) is 0 Å². The first-order chi connectivity index (χ1) is 10.4. The lowest BCUT2D eigenvalue weighted by Crippen LogP contribution is -2.58. The molecule has 3 rings (SSSR count). The summed E-state index contributed by atoms with van der Waals surface area (Å²) in [4.78, 5) is 10.3. The molecule has 0 radical (unpaired) electrons. The molecule has 1 aliphatic carbocycles. The van der Waals surface area contributed by atoms with Crippen molar-refractivity contribution in [1.82, 2.24) is 0 Å². The lowest BCUT2D eigenvalue weighted by atomic mass is 9.87. The van der Waals surface area contributed by atoms with E-state index in [4.69, 9.17) is 11.5 Å². The summed E-state index contributed by atoms with van der Waals surface area (Å²) >= 11 is 1.98. The predicted octanol–water partition coefficient (Wildman–Crippen LogP) is 2.25. The summed E-state index contributed by atoms with van der Waals surface area (Å²) in [5.41, 5.74) is 11.7. The van der Waals surface area contributed by atoms with Crippen molar-refractivity contribution < 1.29 is 9.50 Å². The van der Waals surface area contributed by atoms with Gasteiger partial charge in [-0.1, -0.05) is 6.42 Å². The van der Waals surface area contributed by atoms with Crippen LogP contribution in [0.3, 0.4) is 0 Å². The third-order valence-corrected chi connectivity index (χ3v) is 4.91. The number of phenols is 1. The monoisotopic (exact) mass is 417 g/mol. The normalized spacial score (nSPS) is 20.7. The van der Waals surface area contributed by atoms with E-state index < -0.39 is 11.5 Å².